The maximum atomic E-state index is 13.0. The largest absolute Gasteiger partial charge is 0.493 e. The maximum absolute atomic E-state index is 13.0. The summed E-state index contributed by atoms with van der Waals surface area (Å²) in [4.78, 5) is 24.3. The van der Waals surface area contributed by atoms with Crippen molar-refractivity contribution in [2.24, 2.45) is 5.10 Å². The fourth-order valence-electron chi connectivity index (χ4n) is 2.53. The number of esters is 1. The second-order valence-corrected chi connectivity index (χ2v) is 6.37. The molecule has 0 radical (unpaired) electrons. The fraction of sp³-hybridized carbons (Fsp3) is 0.0870. The van der Waals surface area contributed by atoms with Crippen molar-refractivity contribution in [1.82, 2.24) is 5.43 Å². The van der Waals surface area contributed by atoms with E-state index in [1.165, 1.54) is 37.6 Å². The normalized spacial score (nSPS) is 10.6. The van der Waals surface area contributed by atoms with Crippen LogP contribution in [0.25, 0.3) is 0 Å². The second kappa shape index (κ2) is 9.47. The molecule has 3 aromatic rings. The van der Waals surface area contributed by atoms with Crippen LogP contribution in [0, 0.1) is 12.7 Å². The highest BCUT2D eigenvalue weighted by Crippen LogP contribution is 2.28. The standard InChI is InChI=1S/C23H19FN2O4/c1-15-3-6-17(7-4-15)22(27)26-25-14-16-5-12-20(21(13-16)29-2)30-23(28)18-8-10-19(24)11-9-18/h3-14H,1-2H3,(H,26,27)/b25-14-. The number of rotatable bonds is 6. The van der Waals surface area contributed by atoms with Crippen LogP contribution in [0.4, 0.5) is 4.39 Å². The Hall–Kier alpha value is -4.00. The van der Waals surface area contributed by atoms with Crippen LogP contribution in [0.3, 0.4) is 0 Å². The molecule has 152 valence electrons. The van der Waals surface area contributed by atoms with E-state index >= 15 is 0 Å². The van der Waals surface area contributed by atoms with Gasteiger partial charge in [-0.2, -0.15) is 5.10 Å². The van der Waals surface area contributed by atoms with Crippen molar-refractivity contribution in [3.8, 4) is 11.5 Å². The van der Waals surface area contributed by atoms with Gasteiger partial charge in [0, 0.05) is 5.56 Å². The summed E-state index contributed by atoms with van der Waals surface area (Å²) in [6.07, 6.45) is 1.44. The monoisotopic (exact) mass is 406 g/mol. The lowest BCUT2D eigenvalue weighted by Gasteiger charge is -2.10. The SMILES string of the molecule is COc1cc(/C=N\NC(=O)c2ccc(C)cc2)ccc1OC(=O)c1ccc(F)cc1. The van der Waals surface area contributed by atoms with E-state index in [9.17, 15) is 14.0 Å². The lowest BCUT2D eigenvalue weighted by atomic mass is 10.1. The van der Waals surface area contributed by atoms with E-state index < -0.39 is 11.8 Å². The molecule has 0 aromatic heterocycles. The molecule has 0 aliphatic rings. The zero-order valence-electron chi connectivity index (χ0n) is 16.4. The zero-order valence-corrected chi connectivity index (χ0v) is 16.4. The van der Waals surface area contributed by atoms with E-state index in [2.05, 4.69) is 10.5 Å². The number of hydrogen-bond donors (Lipinski definition) is 1. The highest BCUT2D eigenvalue weighted by molar-refractivity contribution is 5.95. The van der Waals surface area contributed by atoms with Crippen LogP contribution < -0.4 is 14.9 Å². The molecular formula is C23H19FN2O4. The van der Waals surface area contributed by atoms with E-state index in [1.54, 1.807) is 30.3 Å². The highest BCUT2D eigenvalue weighted by atomic mass is 19.1. The van der Waals surface area contributed by atoms with Crippen LogP contribution in [-0.4, -0.2) is 25.2 Å². The number of carbonyl (C=O) groups is 2. The van der Waals surface area contributed by atoms with Crippen LogP contribution in [0.2, 0.25) is 0 Å². The van der Waals surface area contributed by atoms with E-state index in [1.807, 2.05) is 19.1 Å². The number of ether oxygens (including phenoxy) is 2. The highest BCUT2D eigenvalue weighted by Gasteiger charge is 2.13. The zero-order chi connectivity index (χ0) is 21.5. The Labute approximate surface area is 173 Å². The molecule has 30 heavy (non-hydrogen) atoms. The number of hydrazone groups is 1. The van der Waals surface area contributed by atoms with Gasteiger partial charge in [0.15, 0.2) is 11.5 Å². The number of carbonyl (C=O) groups excluding carboxylic acids is 2. The first kappa shape index (κ1) is 20.7. The van der Waals surface area contributed by atoms with Crippen LogP contribution in [0.1, 0.15) is 31.8 Å². The molecule has 3 rings (SSSR count). The predicted octanol–water partition coefficient (Wildman–Crippen LogP) is 4.13. The number of nitrogens with one attached hydrogen (secondary N) is 1. The molecule has 0 aliphatic carbocycles. The van der Waals surface area contributed by atoms with Crippen LogP contribution >= 0.6 is 0 Å². The number of aryl methyl sites for hydroxylation is 1. The molecule has 0 bridgehead atoms. The fourth-order valence-corrected chi connectivity index (χ4v) is 2.53. The molecule has 1 amide bonds. The summed E-state index contributed by atoms with van der Waals surface area (Å²) in [7, 11) is 1.44. The number of halogens is 1. The topological polar surface area (TPSA) is 77.0 Å². The molecule has 0 fully saturated rings. The third-order valence-corrected chi connectivity index (χ3v) is 4.16. The molecular weight excluding hydrogens is 387 g/mol. The van der Waals surface area contributed by atoms with Gasteiger partial charge in [-0.15, -0.1) is 0 Å². The third kappa shape index (κ3) is 5.29. The van der Waals surface area contributed by atoms with Gasteiger partial charge in [-0.1, -0.05) is 17.7 Å². The van der Waals surface area contributed by atoms with Crippen molar-refractivity contribution in [2.75, 3.05) is 7.11 Å². The first-order valence-electron chi connectivity index (χ1n) is 9.02. The predicted molar refractivity (Wildman–Crippen MR) is 111 cm³/mol. The Bertz CT molecular complexity index is 1080. The number of methoxy groups -OCH3 is 1. The van der Waals surface area contributed by atoms with Crippen LogP contribution in [0.15, 0.2) is 71.8 Å². The summed E-state index contributed by atoms with van der Waals surface area (Å²) < 4.78 is 23.6. The minimum Gasteiger partial charge on any atom is -0.493 e. The summed E-state index contributed by atoms with van der Waals surface area (Å²) >= 11 is 0. The lowest BCUT2D eigenvalue weighted by molar-refractivity contribution is 0.0729. The molecule has 0 saturated heterocycles. The van der Waals surface area contributed by atoms with Crippen LogP contribution in [0.5, 0.6) is 11.5 Å². The molecule has 0 aliphatic heterocycles. The molecule has 0 unspecified atom stereocenters. The maximum Gasteiger partial charge on any atom is 0.343 e. The van der Waals surface area contributed by atoms with E-state index in [0.717, 1.165) is 5.56 Å². The van der Waals surface area contributed by atoms with Gasteiger partial charge in [0.05, 0.1) is 18.9 Å². The van der Waals surface area contributed by atoms with Crippen molar-refractivity contribution in [1.29, 1.82) is 0 Å². The number of amides is 1. The summed E-state index contributed by atoms with van der Waals surface area (Å²) in [5, 5.41) is 3.94. The average molecular weight is 406 g/mol. The number of hydrogen-bond acceptors (Lipinski definition) is 5. The first-order valence-corrected chi connectivity index (χ1v) is 9.02. The minimum atomic E-state index is -0.639. The Morgan fingerprint density at radius 2 is 1.60 bits per heavy atom. The minimum absolute atomic E-state index is 0.202. The Morgan fingerprint density at radius 3 is 2.27 bits per heavy atom. The summed E-state index contributed by atoms with van der Waals surface area (Å²) in [5.74, 6) is -0.905. The van der Waals surface area contributed by atoms with Gasteiger partial charge in [0.2, 0.25) is 0 Å². The van der Waals surface area contributed by atoms with Crippen molar-refractivity contribution in [3.05, 3.63) is 94.8 Å². The Balaban J connectivity index is 1.66. The van der Waals surface area contributed by atoms with E-state index in [4.69, 9.17) is 9.47 Å². The smallest absolute Gasteiger partial charge is 0.343 e. The quantitative estimate of drug-likeness (QED) is 0.289. The first-order chi connectivity index (χ1) is 14.5. The van der Waals surface area contributed by atoms with Crippen molar-refractivity contribution in [3.63, 3.8) is 0 Å². The van der Waals surface area contributed by atoms with Gasteiger partial charge in [-0.05, 0) is 67.1 Å². The Kier molecular flexibility index (Phi) is 6.54. The third-order valence-electron chi connectivity index (χ3n) is 4.16. The molecule has 6 nitrogen and oxygen atoms in total. The van der Waals surface area contributed by atoms with Gasteiger partial charge in [0.25, 0.3) is 5.91 Å². The van der Waals surface area contributed by atoms with Crippen molar-refractivity contribution < 1.29 is 23.5 Å². The molecule has 0 saturated carbocycles. The van der Waals surface area contributed by atoms with Crippen LogP contribution in [-0.2, 0) is 0 Å². The summed E-state index contributed by atoms with van der Waals surface area (Å²) in [5.41, 5.74) is 4.84. The summed E-state index contributed by atoms with van der Waals surface area (Å²) in [6, 6.07) is 16.9. The van der Waals surface area contributed by atoms with E-state index in [-0.39, 0.29) is 17.2 Å². The van der Waals surface area contributed by atoms with Gasteiger partial charge in [-0.3, -0.25) is 4.79 Å². The van der Waals surface area contributed by atoms with Crippen molar-refractivity contribution in [2.45, 2.75) is 6.92 Å². The second-order valence-electron chi connectivity index (χ2n) is 6.37. The molecule has 0 atom stereocenters. The number of benzene rings is 3. The van der Waals surface area contributed by atoms with Gasteiger partial charge >= 0.3 is 5.97 Å². The van der Waals surface area contributed by atoms with Gasteiger partial charge in [0.1, 0.15) is 5.82 Å². The number of nitrogens with zero attached hydrogens (tertiary/aromatic N) is 1. The molecule has 7 heteroatoms. The molecule has 1 N–H and O–H groups in total. The molecule has 0 spiro atoms. The van der Waals surface area contributed by atoms with Crippen molar-refractivity contribution >= 4 is 18.1 Å². The lowest BCUT2D eigenvalue weighted by Crippen LogP contribution is -2.17. The van der Waals surface area contributed by atoms with Gasteiger partial charge < -0.3 is 9.47 Å². The van der Waals surface area contributed by atoms with Gasteiger partial charge in [-0.25, -0.2) is 14.6 Å². The molecule has 0 heterocycles. The Morgan fingerprint density at radius 1 is 0.933 bits per heavy atom. The molecule has 3 aromatic carbocycles. The average Bonchev–Trinajstić information content (AvgIpc) is 2.75. The van der Waals surface area contributed by atoms with E-state index in [0.29, 0.717) is 16.9 Å². The summed E-state index contributed by atoms with van der Waals surface area (Å²) in [6.45, 7) is 1.94.